The Bertz CT molecular complexity index is 923. The Kier molecular flexibility index (Phi) is 7.96. The maximum atomic E-state index is 14.1. The van der Waals surface area contributed by atoms with E-state index < -0.39 is 51.4 Å². The Morgan fingerprint density at radius 1 is 1.24 bits per heavy atom. The van der Waals surface area contributed by atoms with E-state index >= 15 is 0 Å². The van der Waals surface area contributed by atoms with Gasteiger partial charge < -0.3 is 10.1 Å². The molecule has 0 aliphatic carbocycles. The molecular weight excluding hydrogens is 408 g/mol. The van der Waals surface area contributed by atoms with Gasteiger partial charge in [-0.05, 0) is 20.3 Å². The lowest BCUT2D eigenvalue weighted by atomic mass is 9.91. The van der Waals surface area contributed by atoms with E-state index in [9.17, 15) is 26.8 Å². The van der Waals surface area contributed by atoms with Crippen molar-refractivity contribution in [1.29, 1.82) is 5.26 Å². The van der Waals surface area contributed by atoms with Gasteiger partial charge in [-0.1, -0.05) is 37.3 Å². The van der Waals surface area contributed by atoms with E-state index in [4.69, 9.17) is 10.00 Å². The van der Waals surface area contributed by atoms with Crippen molar-refractivity contribution >= 4 is 27.6 Å². The summed E-state index contributed by atoms with van der Waals surface area (Å²) in [5.41, 5.74) is -1.56. The summed E-state index contributed by atoms with van der Waals surface area (Å²) in [6.07, 6.45) is 0.481. The highest BCUT2D eigenvalue weighted by Crippen LogP contribution is 2.25. The van der Waals surface area contributed by atoms with Crippen LogP contribution in [0, 0.1) is 16.7 Å². The number of esters is 1. The molecule has 0 heterocycles. The van der Waals surface area contributed by atoms with Gasteiger partial charge in [0.2, 0.25) is 0 Å². The maximum absolute atomic E-state index is 14.1. The topological polar surface area (TPSA) is 126 Å². The fourth-order valence-corrected chi connectivity index (χ4v) is 2.59. The van der Waals surface area contributed by atoms with Gasteiger partial charge in [-0.25, -0.2) is 0 Å². The summed E-state index contributed by atoms with van der Waals surface area (Å²) in [6.45, 7) is 4.09. The fourth-order valence-electron chi connectivity index (χ4n) is 1.78. The predicted octanol–water partition coefficient (Wildman–Crippen LogP) is 2.02. The minimum Gasteiger partial charge on any atom is -0.463 e. The summed E-state index contributed by atoms with van der Waals surface area (Å²) in [5.74, 6) is -2.72. The molecule has 0 spiro atoms. The number of sulfonamides is 1. The van der Waals surface area contributed by atoms with Gasteiger partial charge in [0.15, 0.2) is 5.71 Å². The maximum Gasteiger partial charge on any atom is 0.442 e. The van der Waals surface area contributed by atoms with Gasteiger partial charge in [0.1, 0.15) is 12.7 Å². The zero-order valence-corrected chi connectivity index (χ0v) is 16.9. The van der Waals surface area contributed by atoms with Crippen molar-refractivity contribution in [2.45, 2.75) is 32.4 Å². The van der Waals surface area contributed by atoms with Crippen molar-refractivity contribution in [2.24, 2.45) is 9.81 Å². The fraction of sp³-hybridized carbons (Fsp3) is 0.444. The molecule has 158 valence electrons. The van der Waals surface area contributed by atoms with Gasteiger partial charge in [0.05, 0.1) is 12.0 Å². The molecule has 1 rings (SSSR count). The van der Waals surface area contributed by atoms with E-state index in [0.717, 1.165) is 0 Å². The van der Waals surface area contributed by atoms with E-state index in [-0.39, 0.29) is 5.56 Å². The molecular formula is C18H21F2N3O5S. The molecule has 11 heteroatoms. The van der Waals surface area contributed by atoms with E-state index in [1.807, 2.05) is 0 Å². The number of halogens is 2. The summed E-state index contributed by atoms with van der Waals surface area (Å²) in [4.78, 5) is 23.4. The number of benzene rings is 1. The average Bonchev–Trinajstić information content (AvgIpc) is 2.69. The first-order chi connectivity index (χ1) is 13.4. The zero-order chi connectivity index (χ0) is 22.3. The number of hydrogen-bond donors (Lipinski definition) is 1. The highest BCUT2D eigenvalue weighted by Gasteiger charge is 2.53. The lowest BCUT2D eigenvalue weighted by Gasteiger charge is -2.20. The van der Waals surface area contributed by atoms with Crippen molar-refractivity contribution < 1.29 is 31.5 Å². The lowest BCUT2D eigenvalue weighted by molar-refractivity contribution is -0.154. The highest BCUT2D eigenvalue weighted by molar-refractivity contribution is 7.92. The van der Waals surface area contributed by atoms with Crippen molar-refractivity contribution in [3.8, 4) is 6.07 Å². The van der Waals surface area contributed by atoms with Crippen LogP contribution in [0.1, 0.15) is 32.8 Å². The number of hydrogen-bond acceptors (Lipinski definition) is 6. The van der Waals surface area contributed by atoms with E-state index in [1.54, 1.807) is 32.2 Å². The Morgan fingerprint density at radius 3 is 2.34 bits per heavy atom. The number of nitriles is 1. The van der Waals surface area contributed by atoms with Crippen molar-refractivity contribution in [3.05, 3.63) is 35.9 Å². The molecule has 0 fully saturated rings. The van der Waals surface area contributed by atoms with Gasteiger partial charge in [-0.15, -0.1) is 4.40 Å². The van der Waals surface area contributed by atoms with Crippen molar-refractivity contribution in [3.63, 3.8) is 0 Å². The summed E-state index contributed by atoms with van der Waals surface area (Å²) in [6, 6.07) is 8.52. The number of amides is 1. The van der Waals surface area contributed by atoms with Crippen LogP contribution in [0.4, 0.5) is 8.78 Å². The molecule has 0 saturated heterocycles. The quantitative estimate of drug-likeness (QED) is 0.364. The van der Waals surface area contributed by atoms with Crippen LogP contribution in [0.25, 0.3) is 0 Å². The van der Waals surface area contributed by atoms with E-state index in [2.05, 4.69) is 4.40 Å². The second-order valence-electron chi connectivity index (χ2n) is 6.54. The number of carbonyl (C=O) groups excluding carboxylic acids is 2. The Morgan fingerprint density at radius 2 is 1.83 bits per heavy atom. The number of carbonyl (C=O) groups is 2. The first-order valence-corrected chi connectivity index (χ1v) is 9.96. The summed E-state index contributed by atoms with van der Waals surface area (Å²) < 4.78 is 59.7. The van der Waals surface area contributed by atoms with Crippen LogP contribution in [-0.4, -0.2) is 44.4 Å². The van der Waals surface area contributed by atoms with Crippen LogP contribution < -0.4 is 5.32 Å². The molecule has 8 nitrogen and oxygen atoms in total. The number of alkyl halides is 2. The van der Waals surface area contributed by atoms with Crippen LogP contribution in [0.5, 0.6) is 0 Å². The first kappa shape index (κ1) is 24.2. The Labute approximate surface area is 167 Å². The monoisotopic (exact) mass is 429 g/mol. The number of nitrogens with one attached hydrogen (secondary N) is 1. The lowest BCUT2D eigenvalue weighted by Crippen LogP contribution is -2.46. The first-order valence-electron chi connectivity index (χ1n) is 8.52. The highest BCUT2D eigenvalue weighted by atomic mass is 32.2. The summed E-state index contributed by atoms with van der Waals surface area (Å²) in [7, 11) is -5.69. The van der Waals surface area contributed by atoms with Crippen LogP contribution in [0.15, 0.2) is 34.7 Å². The number of rotatable bonds is 9. The molecule has 1 amide bonds. The Hall–Kier alpha value is -2.87. The molecule has 0 bridgehead atoms. The average molecular weight is 429 g/mol. The third-order valence-corrected chi connectivity index (χ3v) is 5.27. The van der Waals surface area contributed by atoms with Gasteiger partial charge in [-0.2, -0.15) is 22.5 Å². The number of nitrogens with zero attached hydrogens (tertiary/aromatic N) is 2. The van der Waals surface area contributed by atoms with Crippen LogP contribution >= 0.6 is 0 Å². The predicted molar refractivity (Wildman–Crippen MR) is 100 cm³/mol. The number of ether oxygens (including phenoxy) is 1. The van der Waals surface area contributed by atoms with Gasteiger partial charge >= 0.3 is 27.2 Å². The molecule has 0 atom stereocenters. The SMILES string of the molecule is CCC(C)(C)C(=O)OCCNC(=O)C(F)(F)S(=O)(=O)N=C(C#N)c1ccccc1. The van der Waals surface area contributed by atoms with E-state index in [0.29, 0.717) is 6.42 Å². The third-order valence-electron chi connectivity index (χ3n) is 4.01. The minimum atomic E-state index is -5.69. The zero-order valence-electron chi connectivity index (χ0n) is 16.1. The molecule has 0 unspecified atom stereocenters. The van der Waals surface area contributed by atoms with E-state index in [1.165, 1.54) is 30.3 Å². The third kappa shape index (κ3) is 6.05. The molecule has 1 N–H and O–H groups in total. The molecule has 0 saturated carbocycles. The van der Waals surface area contributed by atoms with Crippen molar-refractivity contribution in [1.82, 2.24) is 5.32 Å². The summed E-state index contributed by atoms with van der Waals surface area (Å²) in [5, 5.41) is 5.79. The van der Waals surface area contributed by atoms with Crippen LogP contribution in [0.3, 0.4) is 0 Å². The molecule has 1 aromatic carbocycles. The van der Waals surface area contributed by atoms with Gasteiger partial charge in [0, 0.05) is 5.56 Å². The molecule has 0 aliphatic heterocycles. The Balaban J connectivity index is 2.83. The molecule has 0 aliphatic rings. The standard InChI is InChI=1S/C18H21F2N3O5S/c1-4-17(2,3)16(25)28-11-10-22-15(24)18(19,20)29(26,27)23-14(12-21)13-8-6-5-7-9-13/h5-9H,4,10-11H2,1-3H3,(H,22,24). The second-order valence-corrected chi connectivity index (χ2v) is 8.18. The normalized spacial score (nSPS) is 12.8. The van der Waals surface area contributed by atoms with Crippen molar-refractivity contribution in [2.75, 3.05) is 13.2 Å². The molecule has 29 heavy (non-hydrogen) atoms. The minimum absolute atomic E-state index is 0.000217. The smallest absolute Gasteiger partial charge is 0.442 e. The van der Waals surface area contributed by atoms with Gasteiger partial charge in [0.25, 0.3) is 0 Å². The van der Waals surface area contributed by atoms with Crippen LogP contribution in [-0.2, 0) is 24.3 Å². The molecule has 1 aromatic rings. The molecule has 0 radical (unpaired) electrons. The summed E-state index contributed by atoms with van der Waals surface area (Å²) >= 11 is 0. The van der Waals surface area contributed by atoms with Crippen LogP contribution in [0.2, 0.25) is 0 Å². The largest absolute Gasteiger partial charge is 0.463 e. The second kappa shape index (κ2) is 9.56. The van der Waals surface area contributed by atoms with Gasteiger partial charge in [-0.3, -0.25) is 9.59 Å². The molecule has 0 aromatic heterocycles.